The van der Waals surface area contributed by atoms with Crippen LogP contribution >= 0.6 is 0 Å². The SMILES string of the molecule is C#C.CCCCc1nc(-n2cnc3ccc(F)cc32)nc2c1[nH]c(=O)n2Cc1cccc(F)c1OCC. The van der Waals surface area contributed by atoms with Crippen molar-refractivity contribution in [2.75, 3.05) is 6.61 Å². The molecule has 0 radical (unpaired) electrons. The predicted molar refractivity (Wildman–Crippen MR) is 138 cm³/mol. The smallest absolute Gasteiger partial charge is 0.328 e. The lowest BCUT2D eigenvalue weighted by Crippen LogP contribution is -2.18. The maximum atomic E-state index is 14.4. The molecule has 0 aliphatic rings. The van der Waals surface area contributed by atoms with Crippen LogP contribution in [0.2, 0.25) is 0 Å². The van der Waals surface area contributed by atoms with Gasteiger partial charge in [-0.25, -0.2) is 23.5 Å². The first-order chi connectivity index (χ1) is 18.0. The number of aryl methyl sites for hydroxylation is 1. The summed E-state index contributed by atoms with van der Waals surface area (Å²) in [6.45, 7) is 4.17. The zero-order valence-electron chi connectivity index (χ0n) is 20.5. The summed E-state index contributed by atoms with van der Waals surface area (Å²) in [5.41, 5.74) is 2.80. The molecule has 3 aromatic heterocycles. The number of fused-ring (bicyclic) bond motifs is 2. The van der Waals surface area contributed by atoms with Gasteiger partial charge < -0.3 is 9.72 Å². The van der Waals surface area contributed by atoms with Crippen molar-refractivity contribution < 1.29 is 13.5 Å². The molecule has 0 atom stereocenters. The van der Waals surface area contributed by atoms with Crippen LogP contribution in [0, 0.1) is 24.5 Å². The minimum absolute atomic E-state index is 0.0505. The molecule has 2 aromatic carbocycles. The molecule has 0 unspecified atom stereocenters. The first-order valence-electron chi connectivity index (χ1n) is 11.9. The lowest BCUT2D eigenvalue weighted by Gasteiger charge is -2.12. The average Bonchev–Trinajstić information content (AvgIpc) is 3.46. The summed E-state index contributed by atoms with van der Waals surface area (Å²) < 4.78 is 36.9. The first-order valence-corrected chi connectivity index (χ1v) is 11.9. The number of imidazole rings is 2. The number of hydrogen-bond acceptors (Lipinski definition) is 5. The van der Waals surface area contributed by atoms with Crippen molar-refractivity contribution in [1.29, 1.82) is 0 Å². The second-order valence-corrected chi connectivity index (χ2v) is 8.20. The number of unbranched alkanes of at least 4 members (excludes halogenated alkanes) is 1. The molecule has 1 N–H and O–H groups in total. The highest BCUT2D eigenvalue weighted by Crippen LogP contribution is 2.26. The zero-order valence-corrected chi connectivity index (χ0v) is 20.5. The van der Waals surface area contributed by atoms with Crippen molar-refractivity contribution in [3.8, 4) is 24.5 Å². The summed E-state index contributed by atoms with van der Waals surface area (Å²) in [7, 11) is 0. The van der Waals surface area contributed by atoms with Crippen LogP contribution in [0.4, 0.5) is 8.78 Å². The summed E-state index contributed by atoms with van der Waals surface area (Å²) in [4.78, 5) is 29.6. The molecule has 0 aliphatic heterocycles. The van der Waals surface area contributed by atoms with Crippen LogP contribution in [0.25, 0.3) is 28.1 Å². The second-order valence-electron chi connectivity index (χ2n) is 8.20. The number of para-hydroxylation sites is 1. The van der Waals surface area contributed by atoms with Crippen molar-refractivity contribution in [2.24, 2.45) is 0 Å². The summed E-state index contributed by atoms with van der Waals surface area (Å²) in [5.74, 6) is -0.524. The number of halogens is 2. The number of aromatic amines is 1. The quantitative estimate of drug-likeness (QED) is 0.307. The topological polar surface area (TPSA) is 90.6 Å². The maximum Gasteiger partial charge on any atom is 0.328 e. The Hall–Kier alpha value is -4.52. The fourth-order valence-electron chi connectivity index (χ4n) is 4.15. The molecule has 0 spiro atoms. The molecular weight excluding hydrogens is 478 g/mol. The van der Waals surface area contributed by atoms with E-state index in [-0.39, 0.29) is 24.8 Å². The van der Waals surface area contributed by atoms with Crippen LogP contribution in [0.5, 0.6) is 5.75 Å². The number of aromatic nitrogens is 6. The van der Waals surface area contributed by atoms with Crippen LogP contribution in [0.3, 0.4) is 0 Å². The molecule has 5 rings (SSSR count). The molecule has 3 heterocycles. The highest BCUT2D eigenvalue weighted by molar-refractivity contribution is 5.78. The van der Waals surface area contributed by atoms with E-state index in [9.17, 15) is 13.6 Å². The van der Waals surface area contributed by atoms with Crippen molar-refractivity contribution in [2.45, 2.75) is 39.7 Å². The number of nitrogens with one attached hydrogen (secondary N) is 1. The van der Waals surface area contributed by atoms with E-state index in [1.54, 1.807) is 29.7 Å². The molecule has 0 bridgehead atoms. The van der Waals surface area contributed by atoms with Gasteiger partial charge in [0.2, 0.25) is 5.95 Å². The van der Waals surface area contributed by atoms with E-state index in [1.807, 2.05) is 0 Å². The van der Waals surface area contributed by atoms with Gasteiger partial charge in [-0.1, -0.05) is 25.5 Å². The van der Waals surface area contributed by atoms with E-state index in [1.165, 1.54) is 29.1 Å². The predicted octanol–water partition coefficient (Wildman–Crippen LogP) is 4.78. The van der Waals surface area contributed by atoms with E-state index in [4.69, 9.17) is 9.72 Å². The van der Waals surface area contributed by atoms with Crippen LogP contribution in [0.15, 0.2) is 47.5 Å². The summed E-state index contributed by atoms with van der Waals surface area (Å²) in [5, 5.41) is 0. The Kier molecular flexibility index (Phi) is 7.63. The molecule has 10 heteroatoms. The van der Waals surface area contributed by atoms with Gasteiger partial charge in [-0.2, -0.15) is 4.98 Å². The zero-order chi connectivity index (χ0) is 26.5. The Morgan fingerprint density at radius 1 is 1.11 bits per heavy atom. The van der Waals surface area contributed by atoms with Crippen molar-refractivity contribution >= 4 is 22.2 Å². The minimum Gasteiger partial charge on any atom is -0.490 e. The number of hydrogen-bond donors (Lipinski definition) is 1. The molecule has 0 aliphatic carbocycles. The van der Waals surface area contributed by atoms with Gasteiger partial charge in [-0.3, -0.25) is 9.13 Å². The highest BCUT2D eigenvalue weighted by Gasteiger charge is 2.19. The third kappa shape index (κ3) is 4.93. The Balaban J connectivity index is 0.00000156. The van der Waals surface area contributed by atoms with E-state index in [0.717, 1.165) is 12.8 Å². The standard InChI is InChI=1S/C25H24F2N6O2.C2H2/c1-3-5-9-19-21-23(31-24(29-19)33-14-28-18-11-10-16(26)12-20(18)33)32(25(34)30-21)13-15-7-6-8-17(27)22(15)35-4-2;1-2/h6-8,10-12,14H,3-5,9,13H2,1-2H3,(H,30,34);1-2H. The maximum absolute atomic E-state index is 14.4. The summed E-state index contributed by atoms with van der Waals surface area (Å²) in [6.07, 6.45) is 11.9. The summed E-state index contributed by atoms with van der Waals surface area (Å²) in [6, 6.07) is 8.90. The normalized spacial score (nSPS) is 11.0. The van der Waals surface area contributed by atoms with Crippen molar-refractivity contribution in [3.05, 3.63) is 76.1 Å². The molecule has 5 aromatic rings. The van der Waals surface area contributed by atoms with Gasteiger partial charge in [-0.05, 0) is 38.0 Å². The fraction of sp³-hybridized carbons (Fsp3) is 0.259. The largest absolute Gasteiger partial charge is 0.490 e. The van der Waals surface area contributed by atoms with Gasteiger partial charge in [0.05, 0.1) is 29.9 Å². The molecule has 8 nitrogen and oxygen atoms in total. The van der Waals surface area contributed by atoms with E-state index >= 15 is 0 Å². The van der Waals surface area contributed by atoms with Gasteiger partial charge in [-0.15, -0.1) is 12.8 Å². The fourth-order valence-corrected chi connectivity index (χ4v) is 4.15. The van der Waals surface area contributed by atoms with Gasteiger partial charge in [0, 0.05) is 11.6 Å². The van der Waals surface area contributed by atoms with Crippen LogP contribution in [-0.4, -0.2) is 35.7 Å². The monoisotopic (exact) mass is 504 g/mol. The lowest BCUT2D eigenvalue weighted by atomic mass is 10.1. The third-order valence-corrected chi connectivity index (χ3v) is 5.84. The molecule has 0 saturated heterocycles. The molecule has 37 heavy (non-hydrogen) atoms. The number of benzene rings is 2. The summed E-state index contributed by atoms with van der Waals surface area (Å²) >= 11 is 0. The molecule has 0 saturated carbocycles. The van der Waals surface area contributed by atoms with Crippen molar-refractivity contribution in [3.63, 3.8) is 0 Å². The Morgan fingerprint density at radius 2 is 1.92 bits per heavy atom. The van der Waals surface area contributed by atoms with Crippen LogP contribution < -0.4 is 10.4 Å². The number of ether oxygens (including phenoxy) is 1. The van der Waals surface area contributed by atoms with E-state index in [0.29, 0.717) is 39.9 Å². The Labute approximate surface area is 212 Å². The third-order valence-electron chi connectivity index (χ3n) is 5.84. The Bertz CT molecular complexity index is 1630. The lowest BCUT2D eigenvalue weighted by molar-refractivity contribution is 0.317. The van der Waals surface area contributed by atoms with E-state index in [2.05, 4.69) is 34.7 Å². The number of terminal acetylenes is 1. The van der Waals surface area contributed by atoms with E-state index < -0.39 is 17.3 Å². The van der Waals surface area contributed by atoms with Crippen LogP contribution in [0.1, 0.15) is 37.9 Å². The molecule has 190 valence electrons. The first kappa shape index (κ1) is 25.6. The number of nitrogens with zero attached hydrogens (tertiary/aromatic N) is 5. The minimum atomic E-state index is -0.497. The Morgan fingerprint density at radius 3 is 2.68 bits per heavy atom. The van der Waals surface area contributed by atoms with Gasteiger partial charge >= 0.3 is 5.69 Å². The second kappa shape index (κ2) is 11.0. The van der Waals surface area contributed by atoms with Gasteiger partial charge in [0.15, 0.2) is 17.2 Å². The number of H-pyrrole nitrogens is 1. The van der Waals surface area contributed by atoms with Gasteiger partial charge in [0.25, 0.3) is 0 Å². The highest BCUT2D eigenvalue weighted by atomic mass is 19.1. The average molecular weight is 505 g/mol. The van der Waals surface area contributed by atoms with Crippen molar-refractivity contribution in [1.82, 2.24) is 29.1 Å². The molecular formula is C27H26F2N6O2. The van der Waals surface area contributed by atoms with Gasteiger partial charge in [0.1, 0.15) is 17.7 Å². The molecule has 0 fully saturated rings. The van der Waals surface area contributed by atoms with Crippen LogP contribution in [-0.2, 0) is 13.0 Å². The molecule has 0 amide bonds. The number of rotatable bonds is 8.